The largest absolute Gasteiger partial charge is 0.492 e. The van der Waals surface area contributed by atoms with Crippen molar-refractivity contribution in [1.82, 2.24) is 0 Å². The lowest BCUT2D eigenvalue weighted by molar-refractivity contribution is -0.133. The highest BCUT2D eigenvalue weighted by atomic mass is 19.1. The molecular formula is C16H14F2N2O3. The number of carbonyl (C=O) groups excluding carboxylic acids is 2. The number of halogens is 2. The average Bonchev–Trinajstić information content (AvgIpc) is 2.53. The van der Waals surface area contributed by atoms with Crippen molar-refractivity contribution < 1.29 is 23.1 Å². The quantitative estimate of drug-likeness (QED) is 0.851. The smallest absolute Gasteiger partial charge is 0.314 e. The summed E-state index contributed by atoms with van der Waals surface area (Å²) < 4.78 is 31.8. The van der Waals surface area contributed by atoms with E-state index in [1.807, 2.05) is 5.32 Å². The number of carbonyl (C=O) groups is 2. The Hall–Kier alpha value is -2.96. The molecule has 23 heavy (non-hydrogen) atoms. The van der Waals surface area contributed by atoms with Crippen LogP contribution in [0.2, 0.25) is 0 Å². The molecule has 0 saturated carbocycles. The third-order valence-electron chi connectivity index (χ3n) is 2.82. The van der Waals surface area contributed by atoms with E-state index in [1.54, 1.807) is 31.2 Å². The van der Waals surface area contributed by atoms with Crippen LogP contribution in [0.3, 0.4) is 0 Å². The molecule has 0 unspecified atom stereocenters. The van der Waals surface area contributed by atoms with Crippen molar-refractivity contribution in [3.8, 4) is 5.75 Å². The molecule has 2 N–H and O–H groups in total. The Labute approximate surface area is 131 Å². The Kier molecular flexibility index (Phi) is 5.24. The number of para-hydroxylation sites is 2. The molecule has 0 aliphatic carbocycles. The second-order valence-electron chi connectivity index (χ2n) is 4.46. The van der Waals surface area contributed by atoms with Crippen molar-refractivity contribution in [3.05, 3.63) is 54.1 Å². The lowest BCUT2D eigenvalue weighted by Gasteiger charge is -2.11. The second kappa shape index (κ2) is 7.35. The number of nitrogens with one attached hydrogen (secondary N) is 2. The van der Waals surface area contributed by atoms with E-state index in [4.69, 9.17) is 4.74 Å². The minimum atomic E-state index is -1.12. The van der Waals surface area contributed by atoms with Crippen molar-refractivity contribution in [3.63, 3.8) is 0 Å². The minimum Gasteiger partial charge on any atom is -0.492 e. The van der Waals surface area contributed by atoms with Crippen LogP contribution in [0.4, 0.5) is 20.2 Å². The van der Waals surface area contributed by atoms with Crippen LogP contribution < -0.4 is 15.4 Å². The molecule has 0 bridgehead atoms. The van der Waals surface area contributed by atoms with Crippen molar-refractivity contribution in [2.75, 3.05) is 17.2 Å². The van der Waals surface area contributed by atoms with Gasteiger partial charge in [-0.15, -0.1) is 0 Å². The summed E-state index contributed by atoms with van der Waals surface area (Å²) in [6.45, 7) is 2.16. The molecule has 2 rings (SSSR count). The summed E-state index contributed by atoms with van der Waals surface area (Å²) in [4.78, 5) is 23.7. The van der Waals surface area contributed by atoms with Crippen LogP contribution in [0.1, 0.15) is 6.92 Å². The maximum atomic E-state index is 13.5. The third-order valence-corrected chi connectivity index (χ3v) is 2.82. The number of anilines is 2. The molecule has 0 radical (unpaired) electrons. The van der Waals surface area contributed by atoms with E-state index in [9.17, 15) is 18.4 Å². The molecule has 0 saturated heterocycles. The summed E-state index contributed by atoms with van der Waals surface area (Å²) in [7, 11) is 0. The predicted octanol–water partition coefficient (Wildman–Crippen LogP) is 2.94. The highest BCUT2D eigenvalue weighted by Gasteiger charge is 2.17. The Morgan fingerprint density at radius 1 is 1.00 bits per heavy atom. The van der Waals surface area contributed by atoms with Gasteiger partial charge < -0.3 is 15.4 Å². The number of amides is 2. The maximum Gasteiger partial charge on any atom is 0.314 e. The van der Waals surface area contributed by atoms with Crippen LogP contribution in [-0.4, -0.2) is 18.4 Å². The summed E-state index contributed by atoms with van der Waals surface area (Å²) in [5, 5.41) is 4.37. The van der Waals surface area contributed by atoms with Crippen molar-refractivity contribution in [1.29, 1.82) is 0 Å². The fourth-order valence-electron chi connectivity index (χ4n) is 1.80. The van der Waals surface area contributed by atoms with Crippen LogP contribution in [0.15, 0.2) is 42.5 Å². The maximum absolute atomic E-state index is 13.5. The first-order valence-corrected chi connectivity index (χ1v) is 6.80. The Balaban J connectivity index is 2.09. The first kappa shape index (κ1) is 16.4. The van der Waals surface area contributed by atoms with E-state index in [0.29, 0.717) is 18.0 Å². The lowest BCUT2D eigenvalue weighted by atomic mass is 10.2. The van der Waals surface area contributed by atoms with E-state index in [-0.39, 0.29) is 0 Å². The first-order chi connectivity index (χ1) is 11.0. The molecule has 0 aliphatic rings. The number of ether oxygens (including phenoxy) is 1. The monoisotopic (exact) mass is 320 g/mol. The molecule has 120 valence electrons. The summed E-state index contributed by atoms with van der Waals surface area (Å²) in [6, 6.07) is 9.10. The molecule has 0 aliphatic heterocycles. The third kappa shape index (κ3) is 4.26. The predicted molar refractivity (Wildman–Crippen MR) is 81.2 cm³/mol. The topological polar surface area (TPSA) is 67.4 Å². The van der Waals surface area contributed by atoms with Crippen molar-refractivity contribution in [2.24, 2.45) is 0 Å². The van der Waals surface area contributed by atoms with Gasteiger partial charge in [0.05, 0.1) is 18.0 Å². The van der Waals surface area contributed by atoms with Crippen LogP contribution in [0.5, 0.6) is 5.75 Å². The molecule has 0 fully saturated rings. The molecule has 5 nitrogen and oxygen atoms in total. The van der Waals surface area contributed by atoms with Crippen LogP contribution in [0.25, 0.3) is 0 Å². The normalized spacial score (nSPS) is 10.0. The average molecular weight is 320 g/mol. The zero-order chi connectivity index (χ0) is 16.8. The van der Waals surface area contributed by atoms with Crippen LogP contribution in [-0.2, 0) is 9.59 Å². The van der Waals surface area contributed by atoms with Gasteiger partial charge in [-0.05, 0) is 31.2 Å². The molecule has 0 heterocycles. The standard InChI is InChI=1S/C16H14F2N2O3/c1-2-23-14-6-4-3-5-12(14)19-15(21)16(22)20-13-9-10(17)7-8-11(13)18/h3-9H,2H2,1H3,(H,19,21)(H,20,22). The fraction of sp³-hybridized carbons (Fsp3) is 0.125. The number of rotatable bonds is 4. The number of hydrogen-bond donors (Lipinski definition) is 2. The summed E-state index contributed by atoms with van der Waals surface area (Å²) in [5.41, 5.74) is -0.113. The van der Waals surface area contributed by atoms with E-state index >= 15 is 0 Å². The fourth-order valence-corrected chi connectivity index (χ4v) is 1.80. The van der Waals surface area contributed by atoms with E-state index in [2.05, 4.69) is 5.32 Å². The summed E-state index contributed by atoms with van der Waals surface area (Å²) >= 11 is 0. The molecule has 2 amide bonds. The van der Waals surface area contributed by atoms with Crippen LogP contribution >= 0.6 is 0 Å². The summed E-state index contributed by atoms with van der Waals surface area (Å²) in [5.74, 6) is -3.33. The Morgan fingerprint density at radius 2 is 1.65 bits per heavy atom. The van der Waals surface area contributed by atoms with Gasteiger partial charge in [-0.3, -0.25) is 9.59 Å². The molecule has 0 atom stereocenters. The number of hydrogen-bond acceptors (Lipinski definition) is 3. The van der Waals surface area contributed by atoms with Crippen molar-refractivity contribution >= 4 is 23.2 Å². The minimum absolute atomic E-state index is 0.300. The zero-order valence-electron chi connectivity index (χ0n) is 12.2. The Bertz CT molecular complexity index is 735. The molecule has 2 aromatic carbocycles. The van der Waals surface area contributed by atoms with Crippen LogP contribution in [0, 0.1) is 11.6 Å². The molecule has 2 aromatic rings. The van der Waals surface area contributed by atoms with Crippen molar-refractivity contribution in [2.45, 2.75) is 6.92 Å². The van der Waals surface area contributed by atoms with Gasteiger partial charge in [-0.25, -0.2) is 8.78 Å². The molecule has 0 aromatic heterocycles. The zero-order valence-corrected chi connectivity index (χ0v) is 12.2. The first-order valence-electron chi connectivity index (χ1n) is 6.80. The number of benzene rings is 2. The summed E-state index contributed by atoms with van der Waals surface area (Å²) in [6.07, 6.45) is 0. The van der Waals surface area contributed by atoms with Gasteiger partial charge in [0.15, 0.2) is 0 Å². The highest BCUT2D eigenvalue weighted by molar-refractivity contribution is 6.43. The van der Waals surface area contributed by atoms with E-state index in [1.165, 1.54) is 0 Å². The molecule has 7 heteroatoms. The van der Waals surface area contributed by atoms with Gasteiger partial charge in [0.2, 0.25) is 0 Å². The highest BCUT2D eigenvalue weighted by Crippen LogP contribution is 2.23. The lowest BCUT2D eigenvalue weighted by Crippen LogP contribution is -2.29. The SMILES string of the molecule is CCOc1ccccc1NC(=O)C(=O)Nc1cc(F)ccc1F. The van der Waals surface area contributed by atoms with Gasteiger partial charge in [-0.1, -0.05) is 12.1 Å². The van der Waals surface area contributed by atoms with Gasteiger partial charge in [-0.2, -0.15) is 0 Å². The van der Waals surface area contributed by atoms with E-state index < -0.39 is 29.1 Å². The van der Waals surface area contributed by atoms with Gasteiger partial charge in [0.25, 0.3) is 0 Å². The molecule has 0 spiro atoms. The van der Waals surface area contributed by atoms with Gasteiger partial charge in [0, 0.05) is 6.07 Å². The van der Waals surface area contributed by atoms with Gasteiger partial charge >= 0.3 is 11.8 Å². The molecular weight excluding hydrogens is 306 g/mol. The Morgan fingerprint density at radius 3 is 2.35 bits per heavy atom. The van der Waals surface area contributed by atoms with Gasteiger partial charge in [0.1, 0.15) is 17.4 Å². The van der Waals surface area contributed by atoms with E-state index in [0.717, 1.165) is 18.2 Å². The second-order valence-corrected chi connectivity index (χ2v) is 4.46.